The van der Waals surface area contributed by atoms with Crippen molar-refractivity contribution in [2.24, 2.45) is 10.2 Å². The zero-order valence-electron chi connectivity index (χ0n) is 13.4. The summed E-state index contributed by atoms with van der Waals surface area (Å²) in [7, 11) is 0. The average molecular weight is 392 g/mol. The van der Waals surface area contributed by atoms with Gasteiger partial charge in [0.2, 0.25) is 5.91 Å². The molecule has 1 heterocycles. The van der Waals surface area contributed by atoms with Crippen molar-refractivity contribution < 1.29 is 4.79 Å². The summed E-state index contributed by atoms with van der Waals surface area (Å²) >= 11 is 13.3. The van der Waals surface area contributed by atoms with Gasteiger partial charge in [0.05, 0.1) is 16.5 Å². The Morgan fingerprint density at radius 2 is 1.96 bits per heavy atom. The van der Waals surface area contributed by atoms with Crippen molar-refractivity contribution in [3.05, 3.63) is 69.2 Å². The van der Waals surface area contributed by atoms with E-state index in [9.17, 15) is 4.79 Å². The lowest BCUT2D eigenvalue weighted by Gasteiger charge is -2.05. The van der Waals surface area contributed by atoms with Crippen LogP contribution >= 0.6 is 35.0 Å². The van der Waals surface area contributed by atoms with Crippen LogP contribution in [0, 0.1) is 6.92 Å². The van der Waals surface area contributed by atoms with Crippen LogP contribution in [0.3, 0.4) is 0 Å². The molecular weight excluding hydrogens is 377 g/mol. The zero-order valence-corrected chi connectivity index (χ0v) is 15.7. The Hall–Kier alpha value is -1.82. The molecule has 0 aromatic heterocycles. The van der Waals surface area contributed by atoms with Gasteiger partial charge in [0.1, 0.15) is 0 Å². The lowest BCUT2D eigenvalue weighted by atomic mass is 10.1. The Balaban J connectivity index is 1.64. The molecule has 7 heteroatoms. The van der Waals surface area contributed by atoms with E-state index in [4.69, 9.17) is 23.2 Å². The lowest BCUT2D eigenvalue weighted by Crippen LogP contribution is -2.25. The zero-order chi connectivity index (χ0) is 17.8. The SMILES string of the molecule is Cc1ccc(C[C@H]2S/C(=N/N=Cc3ccc(Cl)cc3Cl)NC2=O)cc1. The maximum absolute atomic E-state index is 12.1. The number of nitrogens with zero attached hydrogens (tertiary/aromatic N) is 2. The molecule has 128 valence electrons. The normalized spacial score (nSPS) is 18.9. The van der Waals surface area contributed by atoms with E-state index in [-0.39, 0.29) is 11.2 Å². The standard InChI is InChI=1S/C18H15Cl2N3OS/c1-11-2-4-12(5-3-11)8-16-17(24)22-18(25-16)23-21-10-13-6-7-14(19)9-15(13)20/h2-7,9-10,16H,8H2,1H3,(H,22,23,24)/t16-/m1/s1. The third kappa shape index (κ3) is 4.84. The Labute approximate surface area is 160 Å². The van der Waals surface area contributed by atoms with Gasteiger partial charge in [-0.1, -0.05) is 70.9 Å². The number of amidine groups is 1. The van der Waals surface area contributed by atoms with Gasteiger partial charge >= 0.3 is 0 Å². The van der Waals surface area contributed by atoms with E-state index < -0.39 is 0 Å². The molecule has 0 saturated carbocycles. The molecule has 1 aliphatic rings. The summed E-state index contributed by atoms with van der Waals surface area (Å²) in [6.07, 6.45) is 2.19. The predicted octanol–water partition coefficient (Wildman–Crippen LogP) is 4.47. The first-order chi connectivity index (χ1) is 12.0. The van der Waals surface area contributed by atoms with Crippen molar-refractivity contribution in [2.75, 3.05) is 0 Å². The van der Waals surface area contributed by atoms with Crippen molar-refractivity contribution >= 4 is 52.3 Å². The number of amides is 1. The molecule has 1 fully saturated rings. The van der Waals surface area contributed by atoms with Gasteiger partial charge in [-0.15, -0.1) is 5.10 Å². The van der Waals surface area contributed by atoms with Crippen molar-refractivity contribution in [1.82, 2.24) is 5.32 Å². The number of benzene rings is 2. The second kappa shape index (κ2) is 8.04. The van der Waals surface area contributed by atoms with E-state index in [2.05, 4.69) is 15.5 Å². The molecule has 0 aliphatic carbocycles. The molecule has 0 unspecified atom stereocenters. The first-order valence-electron chi connectivity index (χ1n) is 7.60. The summed E-state index contributed by atoms with van der Waals surface area (Å²) in [5, 5.41) is 12.2. The molecule has 1 N–H and O–H groups in total. The number of hydrogen-bond donors (Lipinski definition) is 1. The number of aryl methyl sites for hydroxylation is 1. The highest BCUT2D eigenvalue weighted by atomic mass is 35.5. The van der Waals surface area contributed by atoms with Crippen LogP contribution in [0.5, 0.6) is 0 Å². The predicted molar refractivity (Wildman–Crippen MR) is 106 cm³/mol. The van der Waals surface area contributed by atoms with E-state index in [0.29, 0.717) is 27.2 Å². The Morgan fingerprint density at radius 1 is 1.20 bits per heavy atom. The van der Waals surface area contributed by atoms with Gasteiger partial charge in [-0.05, 0) is 31.0 Å². The monoisotopic (exact) mass is 391 g/mol. The molecule has 3 rings (SSSR count). The van der Waals surface area contributed by atoms with Gasteiger partial charge in [-0.3, -0.25) is 4.79 Å². The largest absolute Gasteiger partial charge is 0.303 e. The maximum Gasteiger partial charge on any atom is 0.239 e. The van der Waals surface area contributed by atoms with E-state index in [0.717, 1.165) is 5.56 Å². The fourth-order valence-corrected chi connectivity index (χ4v) is 3.70. The van der Waals surface area contributed by atoms with Crippen LogP contribution in [0.15, 0.2) is 52.7 Å². The number of carbonyl (C=O) groups excluding carboxylic acids is 1. The van der Waals surface area contributed by atoms with Crippen LogP contribution in [0.2, 0.25) is 10.0 Å². The summed E-state index contributed by atoms with van der Waals surface area (Å²) in [6, 6.07) is 13.3. The van der Waals surface area contributed by atoms with Gasteiger partial charge < -0.3 is 5.32 Å². The van der Waals surface area contributed by atoms with Gasteiger partial charge in [0.15, 0.2) is 5.17 Å². The first kappa shape index (κ1) is 18.0. The highest BCUT2D eigenvalue weighted by Gasteiger charge is 2.30. The number of nitrogens with one attached hydrogen (secondary N) is 1. The van der Waals surface area contributed by atoms with Gasteiger partial charge in [-0.2, -0.15) is 5.10 Å². The highest BCUT2D eigenvalue weighted by Crippen LogP contribution is 2.24. The number of rotatable bonds is 4. The molecule has 0 bridgehead atoms. The molecule has 1 saturated heterocycles. The van der Waals surface area contributed by atoms with Crippen molar-refractivity contribution in [1.29, 1.82) is 0 Å². The summed E-state index contributed by atoms with van der Waals surface area (Å²) < 4.78 is 0. The van der Waals surface area contributed by atoms with E-state index in [1.165, 1.54) is 23.5 Å². The fraction of sp³-hybridized carbons (Fsp3) is 0.167. The molecule has 1 aliphatic heterocycles. The van der Waals surface area contributed by atoms with Crippen molar-refractivity contribution in [2.45, 2.75) is 18.6 Å². The summed E-state index contributed by atoms with van der Waals surface area (Å²) in [5.74, 6) is -0.0518. The third-order valence-corrected chi connectivity index (χ3v) is 5.26. The van der Waals surface area contributed by atoms with Crippen molar-refractivity contribution in [3.8, 4) is 0 Å². The van der Waals surface area contributed by atoms with Crippen LogP contribution in [0.1, 0.15) is 16.7 Å². The quantitative estimate of drug-likeness (QED) is 0.617. The van der Waals surface area contributed by atoms with Crippen molar-refractivity contribution in [3.63, 3.8) is 0 Å². The molecule has 25 heavy (non-hydrogen) atoms. The number of thioether (sulfide) groups is 1. The summed E-state index contributed by atoms with van der Waals surface area (Å²) in [6.45, 7) is 2.04. The molecule has 2 aromatic rings. The second-order valence-corrected chi connectivity index (χ2v) is 7.64. The van der Waals surface area contributed by atoms with Crippen LogP contribution < -0.4 is 5.32 Å². The van der Waals surface area contributed by atoms with Gasteiger partial charge in [0.25, 0.3) is 0 Å². The highest BCUT2D eigenvalue weighted by molar-refractivity contribution is 8.15. The molecule has 1 amide bonds. The first-order valence-corrected chi connectivity index (χ1v) is 9.24. The minimum atomic E-state index is -0.198. The van der Waals surface area contributed by atoms with Crippen LogP contribution in [-0.2, 0) is 11.2 Å². The fourth-order valence-electron chi connectivity index (χ4n) is 2.27. The summed E-state index contributed by atoms with van der Waals surface area (Å²) in [4.78, 5) is 12.1. The van der Waals surface area contributed by atoms with Crippen LogP contribution in [-0.4, -0.2) is 22.5 Å². The maximum atomic E-state index is 12.1. The number of halogens is 2. The lowest BCUT2D eigenvalue weighted by molar-refractivity contribution is -0.118. The van der Waals surface area contributed by atoms with E-state index >= 15 is 0 Å². The molecule has 4 nitrogen and oxygen atoms in total. The second-order valence-electron chi connectivity index (χ2n) is 5.60. The molecule has 0 radical (unpaired) electrons. The Bertz CT molecular complexity index is 850. The number of hydrogen-bond acceptors (Lipinski definition) is 4. The number of carbonyl (C=O) groups is 1. The van der Waals surface area contributed by atoms with Gasteiger partial charge in [-0.25, -0.2) is 0 Å². The van der Waals surface area contributed by atoms with Crippen LogP contribution in [0.4, 0.5) is 0 Å². The topological polar surface area (TPSA) is 53.8 Å². The molecule has 2 aromatic carbocycles. The third-order valence-electron chi connectivity index (χ3n) is 3.63. The van der Waals surface area contributed by atoms with E-state index in [1.54, 1.807) is 18.2 Å². The minimum absolute atomic E-state index is 0.0518. The minimum Gasteiger partial charge on any atom is -0.303 e. The Kier molecular flexibility index (Phi) is 5.78. The molecular formula is C18H15Cl2N3OS. The molecule has 1 atom stereocenters. The average Bonchev–Trinajstić information content (AvgIpc) is 2.91. The molecule has 0 spiro atoms. The van der Waals surface area contributed by atoms with Gasteiger partial charge in [0, 0.05) is 10.6 Å². The summed E-state index contributed by atoms with van der Waals surface area (Å²) in [5.41, 5.74) is 3.03. The van der Waals surface area contributed by atoms with Crippen LogP contribution in [0.25, 0.3) is 0 Å². The Morgan fingerprint density at radius 3 is 2.68 bits per heavy atom. The smallest absolute Gasteiger partial charge is 0.239 e. The van der Waals surface area contributed by atoms with E-state index in [1.807, 2.05) is 31.2 Å².